The molecule has 1 heterocycles. The first-order valence-corrected chi connectivity index (χ1v) is 30.3. The summed E-state index contributed by atoms with van der Waals surface area (Å²) in [7, 11) is 0. The van der Waals surface area contributed by atoms with Gasteiger partial charge in [0.2, 0.25) is 5.91 Å². The minimum atomic E-state index is -1.59. The summed E-state index contributed by atoms with van der Waals surface area (Å²) in [6.07, 6.45) is 49.0. The molecule has 0 spiro atoms. The van der Waals surface area contributed by atoms with E-state index in [1.807, 2.05) is 0 Å². The SMILES string of the molecule is CCCCCCCCCCCCCCCCCCCCCCCCCCCCCCCC(O)C(=O)NC(COC1OC(CO)C(O)C(O)C1O)C(O)CCCCCCCCCCCCCCCCC. The molecule has 0 bridgehead atoms. The zero-order chi connectivity index (χ0) is 50.3. The van der Waals surface area contributed by atoms with Crippen LogP contribution in [-0.4, -0.2) is 98.7 Å². The van der Waals surface area contributed by atoms with E-state index in [9.17, 15) is 35.4 Å². The molecule has 0 aromatic carbocycles. The Bertz CT molecular complexity index is 1070. The first-order chi connectivity index (χ1) is 33.8. The van der Waals surface area contributed by atoms with Crippen molar-refractivity contribution in [1.29, 1.82) is 0 Å². The van der Waals surface area contributed by atoms with E-state index in [-0.39, 0.29) is 6.61 Å². The molecule has 0 aliphatic carbocycles. The molecule has 69 heavy (non-hydrogen) atoms. The molecule has 412 valence electrons. The zero-order valence-electron chi connectivity index (χ0n) is 45.5. The second-order valence-electron chi connectivity index (χ2n) is 21.7. The molecule has 1 saturated heterocycles. The van der Waals surface area contributed by atoms with E-state index in [0.29, 0.717) is 12.8 Å². The Morgan fingerprint density at radius 3 is 1.03 bits per heavy atom. The Labute approximate surface area is 426 Å². The fraction of sp³-hybridized carbons (Fsp3) is 0.983. The van der Waals surface area contributed by atoms with Crippen molar-refractivity contribution < 1.29 is 44.9 Å². The number of carbonyl (C=O) groups is 1. The Morgan fingerprint density at radius 1 is 0.435 bits per heavy atom. The predicted molar refractivity (Wildman–Crippen MR) is 287 cm³/mol. The summed E-state index contributed by atoms with van der Waals surface area (Å²) in [4.78, 5) is 13.2. The molecule has 8 atom stereocenters. The van der Waals surface area contributed by atoms with Crippen molar-refractivity contribution >= 4 is 5.91 Å². The van der Waals surface area contributed by atoms with Crippen LogP contribution in [0.4, 0.5) is 0 Å². The van der Waals surface area contributed by atoms with Gasteiger partial charge in [-0.1, -0.05) is 296 Å². The number of nitrogens with one attached hydrogen (secondary N) is 1. The minimum Gasteiger partial charge on any atom is -0.394 e. The number of amides is 1. The highest BCUT2D eigenvalue weighted by Gasteiger charge is 2.44. The Kier molecular flexibility index (Phi) is 47.3. The van der Waals surface area contributed by atoms with Crippen LogP contribution >= 0.6 is 0 Å². The predicted octanol–water partition coefficient (Wildman–Crippen LogP) is 14.0. The lowest BCUT2D eigenvalue weighted by Crippen LogP contribution is -2.60. The summed E-state index contributed by atoms with van der Waals surface area (Å²) < 4.78 is 11.2. The number of unbranched alkanes of at least 4 members (excludes halogenated alkanes) is 42. The highest BCUT2D eigenvalue weighted by atomic mass is 16.7. The van der Waals surface area contributed by atoms with E-state index in [4.69, 9.17) is 9.47 Å². The Hall–Kier alpha value is -0.850. The first-order valence-electron chi connectivity index (χ1n) is 30.3. The number of ether oxygens (including phenoxy) is 2. The van der Waals surface area contributed by atoms with E-state index in [1.54, 1.807) is 0 Å². The first kappa shape index (κ1) is 66.2. The topological polar surface area (TPSA) is 169 Å². The van der Waals surface area contributed by atoms with Crippen molar-refractivity contribution in [3.63, 3.8) is 0 Å². The lowest BCUT2D eigenvalue weighted by Gasteiger charge is -2.40. The number of aliphatic hydroxyl groups is 6. The smallest absolute Gasteiger partial charge is 0.249 e. The zero-order valence-corrected chi connectivity index (χ0v) is 45.5. The Morgan fingerprint density at radius 2 is 0.725 bits per heavy atom. The van der Waals surface area contributed by atoms with Crippen LogP contribution in [0.5, 0.6) is 0 Å². The van der Waals surface area contributed by atoms with Gasteiger partial charge < -0.3 is 45.4 Å². The molecule has 1 amide bonds. The molecule has 0 aromatic heterocycles. The number of aliphatic hydroxyl groups excluding tert-OH is 6. The maximum atomic E-state index is 13.2. The fourth-order valence-electron chi connectivity index (χ4n) is 10.2. The van der Waals surface area contributed by atoms with Crippen molar-refractivity contribution in [3.05, 3.63) is 0 Å². The van der Waals surface area contributed by atoms with Crippen LogP contribution in [0, 0.1) is 0 Å². The van der Waals surface area contributed by atoms with Crippen LogP contribution in [0.2, 0.25) is 0 Å². The largest absolute Gasteiger partial charge is 0.394 e. The molecule has 1 rings (SSSR count). The van der Waals surface area contributed by atoms with Crippen LogP contribution in [0.15, 0.2) is 0 Å². The van der Waals surface area contributed by atoms with E-state index >= 15 is 0 Å². The van der Waals surface area contributed by atoms with Crippen LogP contribution in [-0.2, 0) is 14.3 Å². The van der Waals surface area contributed by atoms with Gasteiger partial charge in [-0.25, -0.2) is 0 Å². The maximum absolute atomic E-state index is 13.2. The summed E-state index contributed by atoms with van der Waals surface area (Å²) >= 11 is 0. The molecule has 0 radical (unpaired) electrons. The highest BCUT2D eigenvalue weighted by Crippen LogP contribution is 2.24. The molecular formula is C59H117NO9. The van der Waals surface area contributed by atoms with Crippen LogP contribution in [0.3, 0.4) is 0 Å². The van der Waals surface area contributed by atoms with Crippen molar-refractivity contribution in [2.45, 2.75) is 358 Å². The molecule has 10 heteroatoms. The van der Waals surface area contributed by atoms with Gasteiger partial charge in [-0.15, -0.1) is 0 Å². The lowest BCUT2D eigenvalue weighted by atomic mass is 9.99. The van der Waals surface area contributed by atoms with Gasteiger partial charge in [-0.2, -0.15) is 0 Å². The molecule has 10 nitrogen and oxygen atoms in total. The number of hydrogen-bond donors (Lipinski definition) is 7. The van der Waals surface area contributed by atoms with Gasteiger partial charge in [-0.05, 0) is 12.8 Å². The van der Waals surface area contributed by atoms with Gasteiger partial charge in [-0.3, -0.25) is 4.79 Å². The lowest BCUT2D eigenvalue weighted by molar-refractivity contribution is -0.302. The summed E-state index contributed by atoms with van der Waals surface area (Å²) in [6, 6.07) is -0.889. The quantitative estimate of drug-likeness (QED) is 0.0293. The average Bonchev–Trinajstić information content (AvgIpc) is 3.35. The normalized spacial score (nSPS) is 19.8. The number of hydrogen-bond acceptors (Lipinski definition) is 9. The van der Waals surface area contributed by atoms with Crippen molar-refractivity contribution in [3.8, 4) is 0 Å². The van der Waals surface area contributed by atoms with E-state index in [0.717, 1.165) is 38.5 Å². The molecule has 0 saturated carbocycles. The van der Waals surface area contributed by atoms with Crippen LogP contribution in [0.25, 0.3) is 0 Å². The second-order valence-corrected chi connectivity index (χ2v) is 21.7. The van der Waals surface area contributed by atoms with Crippen LogP contribution < -0.4 is 5.32 Å². The van der Waals surface area contributed by atoms with Crippen LogP contribution in [0.1, 0.15) is 309 Å². The molecule has 8 unspecified atom stereocenters. The van der Waals surface area contributed by atoms with Gasteiger partial charge in [0, 0.05) is 0 Å². The number of rotatable bonds is 53. The van der Waals surface area contributed by atoms with E-state index in [1.165, 1.54) is 244 Å². The number of carbonyl (C=O) groups excluding carboxylic acids is 1. The molecule has 1 fully saturated rings. The Balaban J connectivity index is 2.15. The van der Waals surface area contributed by atoms with Gasteiger partial charge in [0.25, 0.3) is 0 Å². The molecule has 0 aromatic rings. The van der Waals surface area contributed by atoms with E-state index < -0.39 is 61.5 Å². The van der Waals surface area contributed by atoms with Crippen molar-refractivity contribution in [1.82, 2.24) is 5.32 Å². The minimum absolute atomic E-state index is 0.249. The summed E-state index contributed by atoms with van der Waals surface area (Å²) in [6.45, 7) is 3.72. The summed E-state index contributed by atoms with van der Waals surface area (Å²) in [5.74, 6) is -0.576. The maximum Gasteiger partial charge on any atom is 0.249 e. The standard InChI is InChI=1S/C59H117NO9/c1-3-5-7-9-11-13-15-17-19-20-21-22-23-24-25-26-27-28-29-30-31-32-34-36-38-40-42-44-46-48-53(63)58(67)60-51(50-68-59-57(66)56(65)55(64)54(49-61)69-59)52(62)47-45-43-41-39-37-35-33-18-16-14-12-10-8-6-4-2/h51-57,59,61-66H,3-50H2,1-2H3,(H,60,67). The summed E-state index contributed by atoms with van der Waals surface area (Å²) in [5.41, 5.74) is 0. The van der Waals surface area contributed by atoms with Crippen molar-refractivity contribution in [2.24, 2.45) is 0 Å². The molecule has 1 aliphatic heterocycles. The highest BCUT2D eigenvalue weighted by molar-refractivity contribution is 5.80. The van der Waals surface area contributed by atoms with Gasteiger partial charge in [0.05, 0.1) is 25.4 Å². The molecule has 7 N–H and O–H groups in total. The second kappa shape index (κ2) is 49.4. The van der Waals surface area contributed by atoms with Gasteiger partial charge in [0.15, 0.2) is 6.29 Å². The fourth-order valence-corrected chi connectivity index (χ4v) is 10.2. The van der Waals surface area contributed by atoms with Gasteiger partial charge in [0.1, 0.15) is 30.5 Å². The molecule has 1 aliphatic rings. The third-order valence-corrected chi connectivity index (χ3v) is 15.1. The molecular weight excluding hydrogens is 867 g/mol. The van der Waals surface area contributed by atoms with E-state index in [2.05, 4.69) is 19.2 Å². The monoisotopic (exact) mass is 984 g/mol. The van der Waals surface area contributed by atoms with Crippen molar-refractivity contribution in [2.75, 3.05) is 13.2 Å². The summed E-state index contributed by atoms with van der Waals surface area (Å²) in [5, 5.41) is 65.2. The average molecular weight is 985 g/mol. The third-order valence-electron chi connectivity index (χ3n) is 15.1. The van der Waals surface area contributed by atoms with Gasteiger partial charge >= 0.3 is 0 Å². The third kappa shape index (κ3) is 38.4.